The predicted octanol–water partition coefficient (Wildman–Crippen LogP) is 1.88. The van der Waals surface area contributed by atoms with Gasteiger partial charge in [0, 0.05) is 30.1 Å². The van der Waals surface area contributed by atoms with Gasteiger partial charge in [-0.2, -0.15) is 0 Å². The number of amides is 1. The molecule has 3 N–H and O–H groups in total. The van der Waals surface area contributed by atoms with Crippen molar-refractivity contribution in [3.05, 3.63) is 42.1 Å². The molecule has 1 heterocycles. The maximum absolute atomic E-state index is 12.3. The molecular formula is C18H21N3O. The van der Waals surface area contributed by atoms with Crippen LogP contribution in [-0.2, 0) is 11.2 Å². The Morgan fingerprint density at radius 2 is 2.18 bits per heavy atom. The smallest absolute Gasteiger partial charge is 0.223 e. The van der Waals surface area contributed by atoms with Crippen molar-refractivity contribution in [3.8, 4) is 0 Å². The van der Waals surface area contributed by atoms with Crippen LogP contribution in [0, 0.1) is 17.8 Å². The van der Waals surface area contributed by atoms with Crippen molar-refractivity contribution < 1.29 is 4.79 Å². The fraction of sp³-hybridized carbons (Fsp3) is 0.444. The number of rotatable bonds is 4. The zero-order valence-corrected chi connectivity index (χ0v) is 12.5. The van der Waals surface area contributed by atoms with Crippen LogP contribution in [0.25, 0.3) is 10.9 Å². The lowest BCUT2D eigenvalue weighted by molar-refractivity contribution is -0.125. The molecular weight excluding hydrogens is 274 g/mol. The Kier molecular flexibility index (Phi) is 3.34. The molecule has 2 aliphatic carbocycles. The van der Waals surface area contributed by atoms with Crippen molar-refractivity contribution >= 4 is 16.8 Å². The van der Waals surface area contributed by atoms with Crippen molar-refractivity contribution in [1.82, 2.24) is 10.3 Å². The van der Waals surface area contributed by atoms with E-state index in [2.05, 4.69) is 28.5 Å². The molecule has 2 fully saturated rings. The van der Waals surface area contributed by atoms with Gasteiger partial charge in [0.2, 0.25) is 5.91 Å². The van der Waals surface area contributed by atoms with Crippen LogP contribution in [0.15, 0.2) is 36.5 Å². The normalized spacial score (nSPS) is 29.3. The Morgan fingerprint density at radius 1 is 1.27 bits per heavy atom. The van der Waals surface area contributed by atoms with E-state index in [1.165, 1.54) is 5.56 Å². The van der Waals surface area contributed by atoms with Gasteiger partial charge in [-0.3, -0.25) is 9.78 Å². The van der Waals surface area contributed by atoms with Crippen LogP contribution in [0.5, 0.6) is 0 Å². The zero-order chi connectivity index (χ0) is 15.1. The fourth-order valence-corrected chi connectivity index (χ4v) is 3.88. The topological polar surface area (TPSA) is 68.0 Å². The first-order valence-electron chi connectivity index (χ1n) is 8.09. The molecule has 2 aliphatic rings. The largest absolute Gasteiger partial charge is 0.356 e. The number of aromatic nitrogens is 1. The van der Waals surface area contributed by atoms with Gasteiger partial charge in [0.05, 0.1) is 5.52 Å². The third-order valence-corrected chi connectivity index (χ3v) is 5.20. The summed E-state index contributed by atoms with van der Waals surface area (Å²) in [4.78, 5) is 16.6. The molecule has 22 heavy (non-hydrogen) atoms. The molecule has 0 aliphatic heterocycles. The third-order valence-electron chi connectivity index (χ3n) is 5.20. The van der Waals surface area contributed by atoms with Gasteiger partial charge in [-0.05, 0) is 54.9 Å². The highest BCUT2D eigenvalue weighted by Gasteiger charge is 2.55. The molecule has 2 aromatic rings. The minimum atomic E-state index is 0.154. The second-order valence-electron chi connectivity index (χ2n) is 6.64. The van der Waals surface area contributed by atoms with Crippen LogP contribution >= 0.6 is 0 Å². The molecule has 1 aromatic carbocycles. The summed E-state index contributed by atoms with van der Waals surface area (Å²) in [7, 11) is 0. The lowest BCUT2D eigenvalue weighted by atomic mass is 10.0. The minimum Gasteiger partial charge on any atom is -0.356 e. The summed E-state index contributed by atoms with van der Waals surface area (Å²) in [5.74, 6) is 1.52. The number of nitrogens with two attached hydrogens (primary N) is 1. The van der Waals surface area contributed by atoms with Gasteiger partial charge in [-0.15, -0.1) is 0 Å². The number of nitrogens with one attached hydrogen (secondary N) is 1. The summed E-state index contributed by atoms with van der Waals surface area (Å²) in [6, 6.07) is 10.5. The molecule has 1 aromatic heterocycles. The minimum absolute atomic E-state index is 0.154. The van der Waals surface area contributed by atoms with Crippen LogP contribution in [0.3, 0.4) is 0 Å². The molecule has 0 bridgehead atoms. The Labute approximate surface area is 130 Å². The lowest BCUT2D eigenvalue weighted by Crippen LogP contribution is -2.33. The van der Waals surface area contributed by atoms with Gasteiger partial charge in [-0.25, -0.2) is 0 Å². The van der Waals surface area contributed by atoms with Crippen molar-refractivity contribution in [2.24, 2.45) is 23.5 Å². The van der Waals surface area contributed by atoms with Crippen molar-refractivity contribution in [2.75, 3.05) is 6.54 Å². The van der Waals surface area contributed by atoms with Gasteiger partial charge in [0.1, 0.15) is 0 Å². The average molecular weight is 295 g/mol. The van der Waals surface area contributed by atoms with Crippen LogP contribution in [0.1, 0.15) is 18.4 Å². The van der Waals surface area contributed by atoms with Crippen LogP contribution in [0.2, 0.25) is 0 Å². The molecule has 0 saturated heterocycles. The number of carbonyl (C=O) groups excluding carboxylic acids is 1. The quantitative estimate of drug-likeness (QED) is 0.905. The maximum atomic E-state index is 12.3. The maximum Gasteiger partial charge on any atom is 0.223 e. The Balaban J connectivity index is 1.33. The third kappa shape index (κ3) is 2.48. The molecule has 4 atom stereocenters. The molecule has 114 valence electrons. The molecule has 1 amide bonds. The highest BCUT2D eigenvalue weighted by atomic mass is 16.1. The number of hydrogen-bond donors (Lipinski definition) is 2. The molecule has 4 nitrogen and oxygen atoms in total. The average Bonchev–Trinajstić information content (AvgIpc) is 3.26. The SMILES string of the molecule is N[C@@H]1C[C@H](C(=O)NCCc2ccc3ncccc3c2)[C@H]2C[C@H]21. The van der Waals surface area contributed by atoms with E-state index in [0.29, 0.717) is 18.4 Å². The first-order valence-corrected chi connectivity index (χ1v) is 8.09. The Bertz CT molecular complexity index is 714. The number of nitrogens with zero attached hydrogens (tertiary/aromatic N) is 1. The number of fused-ring (bicyclic) bond motifs is 2. The zero-order valence-electron chi connectivity index (χ0n) is 12.5. The monoisotopic (exact) mass is 295 g/mol. The molecule has 2 saturated carbocycles. The highest BCUT2D eigenvalue weighted by molar-refractivity contribution is 5.80. The summed E-state index contributed by atoms with van der Waals surface area (Å²) in [5.41, 5.74) is 8.27. The van der Waals surface area contributed by atoms with Gasteiger partial charge in [0.25, 0.3) is 0 Å². The van der Waals surface area contributed by atoms with E-state index in [9.17, 15) is 4.79 Å². The molecule has 4 heteroatoms. The summed E-state index contributed by atoms with van der Waals surface area (Å²) < 4.78 is 0. The summed E-state index contributed by atoms with van der Waals surface area (Å²) in [6.07, 6.45) is 4.67. The number of benzene rings is 1. The van der Waals surface area contributed by atoms with Gasteiger partial charge in [-0.1, -0.05) is 12.1 Å². The van der Waals surface area contributed by atoms with Crippen molar-refractivity contribution in [3.63, 3.8) is 0 Å². The molecule has 0 spiro atoms. The van der Waals surface area contributed by atoms with E-state index in [1.807, 2.05) is 12.1 Å². The number of carbonyl (C=O) groups is 1. The van der Waals surface area contributed by atoms with E-state index < -0.39 is 0 Å². The van der Waals surface area contributed by atoms with Crippen LogP contribution in [-0.4, -0.2) is 23.5 Å². The van der Waals surface area contributed by atoms with Gasteiger partial charge in [0.15, 0.2) is 0 Å². The van der Waals surface area contributed by atoms with Crippen molar-refractivity contribution in [2.45, 2.75) is 25.3 Å². The van der Waals surface area contributed by atoms with Crippen LogP contribution < -0.4 is 11.1 Å². The van der Waals surface area contributed by atoms with Crippen molar-refractivity contribution in [1.29, 1.82) is 0 Å². The summed E-state index contributed by atoms with van der Waals surface area (Å²) >= 11 is 0. The summed E-state index contributed by atoms with van der Waals surface area (Å²) in [6.45, 7) is 0.688. The highest BCUT2D eigenvalue weighted by Crippen LogP contribution is 2.54. The van der Waals surface area contributed by atoms with Crippen LogP contribution in [0.4, 0.5) is 0 Å². The van der Waals surface area contributed by atoms with Gasteiger partial charge < -0.3 is 11.1 Å². The van der Waals surface area contributed by atoms with E-state index in [1.54, 1.807) is 6.20 Å². The molecule has 0 unspecified atom stereocenters. The second kappa shape index (κ2) is 5.36. The number of hydrogen-bond acceptors (Lipinski definition) is 3. The van der Waals surface area contributed by atoms with E-state index in [-0.39, 0.29) is 17.9 Å². The van der Waals surface area contributed by atoms with E-state index in [0.717, 1.165) is 30.2 Å². The fourth-order valence-electron chi connectivity index (χ4n) is 3.88. The second-order valence-corrected chi connectivity index (χ2v) is 6.64. The van der Waals surface area contributed by atoms with E-state index in [4.69, 9.17) is 5.73 Å². The Morgan fingerprint density at radius 3 is 2.95 bits per heavy atom. The first-order chi connectivity index (χ1) is 10.7. The lowest BCUT2D eigenvalue weighted by Gasteiger charge is -2.14. The number of pyridine rings is 1. The molecule has 4 rings (SSSR count). The Hall–Kier alpha value is -1.94. The predicted molar refractivity (Wildman–Crippen MR) is 86.1 cm³/mol. The van der Waals surface area contributed by atoms with Gasteiger partial charge >= 0.3 is 0 Å². The van der Waals surface area contributed by atoms with E-state index >= 15 is 0 Å². The molecule has 0 radical (unpaired) electrons. The first kappa shape index (κ1) is 13.7. The summed E-state index contributed by atoms with van der Waals surface area (Å²) in [5, 5.41) is 4.24. The standard InChI is InChI=1S/C18H21N3O/c19-16-10-15(13-9-14(13)16)18(22)21-7-5-11-3-4-17-12(8-11)2-1-6-20-17/h1-4,6,8,13-16H,5,7,9-10,19H2,(H,21,22)/t13-,14+,15-,16+/m0/s1.